The van der Waals surface area contributed by atoms with Crippen LogP contribution in [0.4, 0.5) is 10.5 Å². The summed E-state index contributed by atoms with van der Waals surface area (Å²) in [4.78, 5) is 23.6. The lowest BCUT2D eigenvalue weighted by Gasteiger charge is -2.34. The molecule has 2 aromatic carbocycles. The molecule has 0 fully saturated rings. The van der Waals surface area contributed by atoms with Crippen LogP contribution in [0.25, 0.3) is 0 Å². The molecule has 3 N–H and O–H groups in total. The Morgan fingerprint density at radius 1 is 1.15 bits per heavy atom. The number of carbonyl (C=O) groups is 2. The summed E-state index contributed by atoms with van der Waals surface area (Å²) in [6, 6.07) is 12.2. The van der Waals surface area contributed by atoms with Gasteiger partial charge in [-0.05, 0) is 42.7 Å². The molecular weight excluding hydrogens is 442 g/mol. The minimum absolute atomic E-state index is 0.0928. The van der Waals surface area contributed by atoms with Crippen LogP contribution in [0.5, 0.6) is 17.2 Å². The van der Waals surface area contributed by atoms with Crippen LogP contribution >= 0.6 is 0 Å². The van der Waals surface area contributed by atoms with Gasteiger partial charge in [-0.2, -0.15) is 0 Å². The first kappa shape index (κ1) is 24.9. The largest absolute Gasteiger partial charge is 0.491 e. The third kappa shape index (κ3) is 6.89. The van der Waals surface area contributed by atoms with Crippen LogP contribution in [0.2, 0.25) is 0 Å². The van der Waals surface area contributed by atoms with Gasteiger partial charge in [0, 0.05) is 23.2 Å². The highest BCUT2D eigenvalue weighted by Crippen LogP contribution is 2.41. The van der Waals surface area contributed by atoms with E-state index in [0.717, 1.165) is 11.6 Å². The highest BCUT2D eigenvalue weighted by atomic mass is 16.7. The number of aliphatic hydroxyl groups is 1. The summed E-state index contributed by atoms with van der Waals surface area (Å²) >= 11 is 0. The molecule has 3 rings (SSSR count). The van der Waals surface area contributed by atoms with E-state index >= 15 is 0 Å². The first-order chi connectivity index (χ1) is 16.3. The van der Waals surface area contributed by atoms with E-state index in [4.69, 9.17) is 29.2 Å². The maximum absolute atomic E-state index is 12.8. The minimum atomic E-state index is -1.01. The summed E-state index contributed by atoms with van der Waals surface area (Å²) < 4.78 is 21.9. The SMILES string of the molecule is CC(C)(CC/C=C/C(=O)O)[C@@H](OC(=O)Nc1ccc2c(c1)OCO2)c1ccc(OCCO)cc1. The number of carbonyl (C=O) groups excluding carboxylic acids is 1. The molecular formula is C25H29NO8. The van der Waals surface area contributed by atoms with Gasteiger partial charge in [-0.3, -0.25) is 5.32 Å². The molecule has 0 spiro atoms. The van der Waals surface area contributed by atoms with Crippen LogP contribution < -0.4 is 19.5 Å². The Bertz CT molecular complexity index is 1020. The number of aliphatic carboxylic acids is 1. The van der Waals surface area contributed by atoms with Crippen molar-refractivity contribution in [2.75, 3.05) is 25.3 Å². The van der Waals surface area contributed by atoms with Crippen molar-refractivity contribution in [3.8, 4) is 17.2 Å². The Balaban J connectivity index is 1.75. The van der Waals surface area contributed by atoms with Gasteiger partial charge in [0.25, 0.3) is 0 Å². The fourth-order valence-electron chi connectivity index (χ4n) is 3.58. The van der Waals surface area contributed by atoms with E-state index in [-0.39, 0.29) is 20.0 Å². The van der Waals surface area contributed by atoms with Gasteiger partial charge in [-0.25, -0.2) is 9.59 Å². The van der Waals surface area contributed by atoms with Crippen molar-refractivity contribution in [3.05, 3.63) is 60.2 Å². The van der Waals surface area contributed by atoms with Gasteiger partial charge >= 0.3 is 12.1 Å². The van der Waals surface area contributed by atoms with Crippen molar-refractivity contribution in [1.29, 1.82) is 0 Å². The molecule has 9 nitrogen and oxygen atoms in total. The van der Waals surface area contributed by atoms with Gasteiger partial charge in [0.05, 0.1) is 6.61 Å². The summed E-state index contributed by atoms with van der Waals surface area (Å²) in [6.45, 7) is 4.13. The van der Waals surface area contributed by atoms with Gasteiger partial charge in [0.15, 0.2) is 11.5 Å². The van der Waals surface area contributed by atoms with E-state index in [9.17, 15) is 9.59 Å². The Kier molecular flexibility index (Phi) is 8.37. The average Bonchev–Trinajstić information content (AvgIpc) is 3.27. The third-order valence-corrected chi connectivity index (χ3v) is 5.31. The molecule has 0 unspecified atom stereocenters. The summed E-state index contributed by atoms with van der Waals surface area (Å²) in [6.07, 6.45) is 2.48. The molecule has 0 saturated carbocycles. The number of ether oxygens (including phenoxy) is 4. The fraction of sp³-hybridized carbons (Fsp3) is 0.360. The first-order valence-corrected chi connectivity index (χ1v) is 10.9. The van der Waals surface area contributed by atoms with E-state index in [0.29, 0.717) is 35.8 Å². The normalized spacial score (nSPS) is 13.5. The molecule has 1 atom stereocenters. The lowest BCUT2D eigenvalue weighted by molar-refractivity contribution is -0.131. The Labute approximate surface area is 197 Å². The number of carboxylic acid groups (broad SMARTS) is 1. The summed E-state index contributed by atoms with van der Waals surface area (Å²) in [5, 5.41) is 20.5. The zero-order valence-corrected chi connectivity index (χ0v) is 19.2. The lowest BCUT2D eigenvalue weighted by atomic mass is 9.78. The molecule has 0 saturated heterocycles. The lowest BCUT2D eigenvalue weighted by Crippen LogP contribution is -2.29. The molecule has 9 heteroatoms. The van der Waals surface area contributed by atoms with E-state index in [1.807, 2.05) is 13.8 Å². The van der Waals surface area contributed by atoms with E-state index in [2.05, 4.69) is 5.32 Å². The van der Waals surface area contributed by atoms with E-state index in [1.54, 1.807) is 48.5 Å². The minimum Gasteiger partial charge on any atom is -0.491 e. The highest BCUT2D eigenvalue weighted by molar-refractivity contribution is 5.85. The molecule has 34 heavy (non-hydrogen) atoms. The fourth-order valence-corrected chi connectivity index (χ4v) is 3.58. The number of nitrogens with one attached hydrogen (secondary N) is 1. The number of benzene rings is 2. The molecule has 0 aliphatic carbocycles. The van der Waals surface area contributed by atoms with Gasteiger partial charge in [0.2, 0.25) is 6.79 Å². The second-order valence-electron chi connectivity index (χ2n) is 8.39. The monoisotopic (exact) mass is 471 g/mol. The number of hydrogen-bond acceptors (Lipinski definition) is 7. The number of aliphatic hydroxyl groups excluding tert-OH is 1. The number of rotatable bonds is 11. The van der Waals surface area contributed by atoms with Crippen molar-refractivity contribution in [2.45, 2.75) is 32.8 Å². The quantitative estimate of drug-likeness (QED) is 0.409. The predicted octanol–water partition coefficient (Wildman–Crippen LogP) is 4.52. The molecule has 1 amide bonds. The number of allylic oxidation sites excluding steroid dienone is 1. The molecule has 182 valence electrons. The standard InChI is InChI=1S/C25H29NO8/c1-25(2,12-4-3-5-22(28)29)23(17-6-9-19(10-7-17)31-14-13-27)34-24(30)26-18-8-11-20-21(15-18)33-16-32-20/h3,5-11,15,23,27H,4,12-14,16H2,1-2H3,(H,26,30)(H,28,29)/b5-3+/t23-/m0/s1. The zero-order valence-electron chi connectivity index (χ0n) is 19.2. The van der Waals surface area contributed by atoms with Gasteiger partial charge in [0.1, 0.15) is 18.5 Å². The maximum atomic E-state index is 12.8. The number of carboxylic acids is 1. The number of amides is 1. The molecule has 2 aromatic rings. The van der Waals surface area contributed by atoms with Crippen molar-refractivity contribution in [2.24, 2.45) is 5.41 Å². The summed E-state index contributed by atoms with van der Waals surface area (Å²) in [5.74, 6) is 0.727. The maximum Gasteiger partial charge on any atom is 0.412 e. The van der Waals surface area contributed by atoms with Crippen LogP contribution in [0.3, 0.4) is 0 Å². The van der Waals surface area contributed by atoms with Crippen LogP contribution in [0.1, 0.15) is 38.4 Å². The molecule has 0 aromatic heterocycles. The average molecular weight is 472 g/mol. The summed E-state index contributed by atoms with van der Waals surface area (Å²) in [7, 11) is 0. The van der Waals surface area contributed by atoms with Gasteiger partial charge < -0.3 is 29.2 Å². The summed E-state index contributed by atoms with van der Waals surface area (Å²) in [5.41, 5.74) is 0.732. The number of fused-ring (bicyclic) bond motifs is 1. The van der Waals surface area contributed by atoms with E-state index in [1.165, 1.54) is 0 Å². The first-order valence-electron chi connectivity index (χ1n) is 10.9. The van der Waals surface area contributed by atoms with Crippen LogP contribution in [0.15, 0.2) is 54.6 Å². The zero-order chi connectivity index (χ0) is 24.6. The Morgan fingerprint density at radius 2 is 1.88 bits per heavy atom. The number of hydrogen-bond donors (Lipinski definition) is 3. The molecule has 1 heterocycles. The molecule has 1 aliphatic heterocycles. The molecule has 1 aliphatic rings. The van der Waals surface area contributed by atoms with Crippen molar-refractivity contribution in [1.82, 2.24) is 0 Å². The molecule has 0 radical (unpaired) electrons. The third-order valence-electron chi connectivity index (χ3n) is 5.31. The highest BCUT2D eigenvalue weighted by Gasteiger charge is 2.34. The van der Waals surface area contributed by atoms with Crippen molar-refractivity contribution < 1.29 is 38.7 Å². The second kappa shape index (κ2) is 11.4. The van der Waals surface area contributed by atoms with E-state index < -0.39 is 23.6 Å². The molecule has 0 bridgehead atoms. The Hall–Kier alpha value is -3.72. The van der Waals surface area contributed by atoms with Crippen LogP contribution in [0, 0.1) is 5.41 Å². The Morgan fingerprint density at radius 3 is 2.59 bits per heavy atom. The van der Waals surface area contributed by atoms with Gasteiger partial charge in [-0.1, -0.05) is 32.1 Å². The van der Waals surface area contributed by atoms with Gasteiger partial charge in [-0.15, -0.1) is 0 Å². The van der Waals surface area contributed by atoms with Crippen molar-refractivity contribution in [3.63, 3.8) is 0 Å². The van der Waals surface area contributed by atoms with Crippen LogP contribution in [-0.2, 0) is 9.53 Å². The second-order valence-corrected chi connectivity index (χ2v) is 8.39. The van der Waals surface area contributed by atoms with Crippen molar-refractivity contribution >= 4 is 17.7 Å². The number of anilines is 1. The smallest absolute Gasteiger partial charge is 0.412 e. The topological polar surface area (TPSA) is 124 Å². The predicted molar refractivity (Wildman–Crippen MR) is 124 cm³/mol. The van der Waals surface area contributed by atoms with Crippen LogP contribution in [-0.4, -0.2) is 42.3 Å².